The molecule has 0 aliphatic carbocycles. The zero-order valence-electron chi connectivity index (χ0n) is 13.5. The normalized spacial score (nSPS) is 12.5. The first-order chi connectivity index (χ1) is 12.7. The first-order valence-electron chi connectivity index (χ1n) is 7.87. The maximum absolute atomic E-state index is 12.1. The van der Waals surface area contributed by atoms with Crippen molar-refractivity contribution >= 4 is 29.3 Å². The largest absolute Gasteiger partial charge is 0.454 e. The minimum absolute atomic E-state index is 0.150. The number of carbonyl (C=O) groups excluding carboxylic acids is 1. The van der Waals surface area contributed by atoms with Gasteiger partial charge in [0.25, 0.3) is 0 Å². The molecule has 0 unspecified atom stereocenters. The number of fused-ring (bicyclic) bond motifs is 1. The fourth-order valence-corrected chi connectivity index (χ4v) is 2.85. The van der Waals surface area contributed by atoms with Crippen LogP contribution in [0.1, 0.15) is 5.56 Å². The van der Waals surface area contributed by atoms with Crippen molar-refractivity contribution in [1.82, 2.24) is 9.97 Å². The smallest absolute Gasteiger partial charge is 0.248 e. The van der Waals surface area contributed by atoms with Crippen LogP contribution in [0, 0.1) is 0 Å². The van der Waals surface area contributed by atoms with Crippen LogP contribution < -0.4 is 14.8 Å². The Hall–Kier alpha value is -3.25. The number of aromatic nitrogens is 2. The third kappa shape index (κ3) is 3.41. The van der Waals surface area contributed by atoms with Gasteiger partial charge in [0, 0.05) is 29.7 Å². The second-order valence-electron chi connectivity index (χ2n) is 5.57. The van der Waals surface area contributed by atoms with Crippen molar-refractivity contribution in [2.24, 2.45) is 0 Å². The number of halogens is 1. The van der Waals surface area contributed by atoms with Crippen LogP contribution >= 0.6 is 11.6 Å². The summed E-state index contributed by atoms with van der Waals surface area (Å²) in [6, 6.07) is 10.9. The molecule has 0 fully saturated rings. The van der Waals surface area contributed by atoms with Gasteiger partial charge in [-0.3, -0.25) is 4.79 Å². The molecular weight excluding hydrogens is 354 g/mol. The number of aromatic amines is 1. The highest BCUT2D eigenvalue weighted by molar-refractivity contribution is 6.32. The molecule has 1 aromatic heterocycles. The van der Waals surface area contributed by atoms with Gasteiger partial charge < -0.3 is 19.8 Å². The van der Waals surface area contributed by atoms with Gasteiger partial charge in [-0.25, -0.2) is 4.98 Å². The van der Waals surface area contributed by atoms with Crippen molar-refractivity contribution in [2.75, 3.05) is 12.1 Å². The van der Waals surface area contributed by atoms with Crippen molar-refractivity contribution in [2.45, 2.75) is 0 Å². The third-order valence-corrected chi connectivity index (χ3v) is 4.08. The molecule has 3 aromatic rings. The van der Waals surface area contributed by atoms with E-state index in [2.05, 4.69) is 15.3 Å². The third-order valence-electron chi connectivity index (χ3n) is 3.80. The molecule has 0 spiro atoms. The predicted octanol–water partition coefficient (Wildman–Crippen LogP) is 4.11. The van der Waals surface area contributed by atoms with E-state index < -0.39 is 0 Å². The molecule has 4 rings (SSSR count). The summed E-state index contributed by atoms with van der Waals surface area (Å²) in [6.07, 6.45) is 6.56. The maximum Gasteiger partial charge on any atom is 0.248 e. The Morgan fingerprint density at radius 3 is 2.85 bits per heavy atom. The summed E-state index contributed by atoms with van der Waals surface area (Å²) in [5, 5.41) is 3.26. The monoisotopic (exact) mass is 367 g/mol. The molecule has 1 aliphatic rings. The summed E-state index contributed by atoms with van der Waals surface area (Å²) < 4.78 is 10.6. The van der Waals surface area contributed by atoms with Gasteiger partial charge in [0.05, 0.1) is 5.02 Å². The van der Waals surface area contributed by atoms with Crippen LogP contribution in [0.2, 0.25) is 5.02 Å². The number of ether oxygens (including phenoxy) is 2. The molecule has 7 heteroatoms. The van der Waals surface area contributed by atoms with Crippen molar-refractivity contribution in [3.05, 3.63) is 65.5 Å². The van der Waals surface area contributed by atoms with Gasteiger partial charge in [0.15, 0.2) is 11.5 Å². The number of nitrogens with one attached hydrogen (secondary N) is 2. The van der Waals surface area contributed by atoms with E-state index in [9.17, 15) is 4.79 Å². The molecule has 6 nitrogen and oxygen atoms in total. The SMILES string of the molecule is O=C(C=Cc1cc(Cl)c2c(c1)OCO2)Nc1ccc(-c2ncc[nH]2)cc1. The molecule has 0 saturated carbocycles. The lowest BCUT2D eigenvalue weighted by Gasteiger charge is -2.04. The van der Waals surface area contributed by atoms with Gasteiger partial charge in [0.2, 0.25) is 12.7 Å². The minimum Gasteiger partial charge on any atom is -0.454 e. The number of benzene rings is 2. The summed E-state index contributed by atoms with van der Waals surface area (Å²) in [5.74, 6) is 1.64. The lowest BCUT2D eigenvalue weighted by molar-refractivity contribution is -0.111. The number of carbonyl (C=O) groups is 1. The van der Waals surface area contributed by atoms with Crippen LogP contribution in [-0.2, 0) is 4.79 Å². The Bertz CT molecular complexity index is 966. The Kier molecular flexibility index (Phi) is 4.33. The van der Waals surface area contributed by atoms with Crippen LogP contribution in [0.25, 0.3) is 17.5 Å². The molecular formula is C19H14ClN3O3. The maximum atomic E-state index is 12.1. The number of rotatable bonds is 4. The van der Waals surface area contributed by atoms with Crippen LogP contribution in [0.4, 0.5) is 5.69 Å². The van der Waals surface area contributed by atoms with Gasteiger partial charge >= 0.3 is 0 Å². The van der Waals surface area contributed by atoms with Crippen molar-refractivity contribution in [3.8, 4) is 22.9 Å². The van der Waals surface area contributed by atoms with Gasteiger partial charge in [-0.05, 0) is 48.0 Å². The molecule has 0 saturated heterocycles. The van der Waals surface area contributed by atoms with Crippen molar-refractivity contribution in [3.63, 3.8) is 0 Å². The van der Waals surface area contributed by atoms with E-state index in [-0.39, 0.29) is 12.7 Å². The Labute approximate surface area is 154 Å². The zero-order chi connectivity index (χ0) is 17.9. The molecule has 2 N–H and O–H groups in total. The van der Waals surface area contributed by atoms with E-state index in [1.807, 2.05) is 24.3 Å². The van der Waals surface area contributed by atoms with Crippen LogP contribution in [0.3, 0.4) is 0 Å². The fourth-order valence-electron chi connectivity index (χ4n) is 2.57. The zero-order valence-corrected chi connectivity index (χ0v) is 14.3. The number of hydrogen-bond donors (Lipinski definition) is 2. The van der Waals surface area contributed by atoms with Gasteiger partial charge in [-0.15, -0.1) is 0 Å². The number of hydrogen-bond acceptors (Lipinski definition) is 4. The van der Waals surface area contributed by atoms with E-state index in [1.54, 1.807) is 30.6 Å². The summed E-state index contributed by atoms with van der Waals surface area (Å²) in [6.45, 7) is 0.150. The second-order valence-corrected chi connectivity index (χ2v) is 5.98. The number of imidazole rings is 1. The van der Waals surface area contributed by atoms with Gasteiger partial charge in [0.1, 0.15) is 5.82 Å². The lowest BCUT2D eigenvalue weighted by atomic mass is 10.2. The van der Waals surface area contributed by atoms with E-state index in [1.165, 1.54) is 6.08 Å². The molecule has 1 aliphatic heterocycles. The number of nitrogens with zero attached hydrogens (tertiary/aromatic N) is 1. The fraction of sp³-hybridized carbons (Fsp3) is 0.0526. The molecule has 0 bridgehead atoms. The molecule has 26 heavy (non-hydrogen) atoms. The van der Waals surface area contributed by atoms with Crippen LogP contribution in [-0.4, -0.2) is 22.7 Å². The number of H-pyrrole nitrogens is 1. The molecule has 2 aromatic carbocycles. The summed E-state index contributed by atoms with van der Waals surface area (Å²) >= 11 is 6.13. The average molecular weight is 368 g/mol. The lowest BCUT2D eigenvalue weighted by Crippen LogP contribution is -2.07. The highest BCUT2D eigenvalue weighted by Gasteiger charge is 2.17. The summed E-state index contributed by atoms with van der Waals surface area (Å²) in [4.78, 5) is 19.3. The highest BCUT2D eigenvalue weighted by Crippen LogP contribution is 2.40. The number of amides is 1. The van der Waals surface area contributed by atoms with E-state index in [0.29, 0.717) is 22.2 Å². The summed E-state index contributed by atoms with van der Waals surface area (Å²) in [5.41, 5.74) is 2.39. The second kappa shape index (κ2) is 6.93. The topological polar surface area (TPSA) is 76.2 Å². The summed E-state index contributed by atoms with van der Waals surface area (Å²) in [7, 11) is 0. The van der Waals surface area contributed by atoms with E-state index in [0.717, 1.165) is 17.0 Å². The Morgan fingerprint density at radius 1 is 1.23 bits per heavy atom. The van der Waals surface area contributed by atoms with E-state index >= 15 is 0 Å². The van der Waals surface area contributed by atoms with E-state index in [4.69, 9.17) is 21.1 Å². The molecule has 2 heterocycles. The standard InChI is InChI=1S/C19H14ClN3O3/c20-15-9-12(10-16-18(15)26-11-25-16)1-6-17(24)23-14-4-2-13(3-5-14)19-21-7-8-22-19/h1-10H,11H2,(H,21,22)(H,23,24). The molecule has 1 amide bonds. The van der Waals surface area contributed by atoms with Crippen molar-refractivity contribution in [1.29, 1.82) is 0 Å². The van der Waals surface area contributed by atoms with Gasteiger partial charge in [-0.2, -0.15) is 0 Å². The van der Waals surface area contributed by atoms with Crippen LogP contribution in [0.5, 0.6) is 11.5 Å². The number of anilines is 1. The predicted molar refractivity (Wildman–Crippen MR) is 99.3 cm³/mol. The first kappa shape index (κ1) is 16.2. The molecule has 0 atom stereocenters. The average Bonchev–Trinajstić information content (AvgIpc) is 3.32. The molecule has 130 valence electrons. The Morgan fingerprint density at radius 2 is 2.08 bits per heavy atom. The van der Waals surface area contributed by atoms with Crippen LogP contribution in [0.15, 0.2) is 54.9 Å². The highest BCUT2D eigenvalue weighted by atomic mass is 35.5. The Balaban J connectivity index is 1.42. The minimum atomic E-state index is -0.246. The quantitative estimate of drug-likeness (QED) is 0.680. The van der Waals surface area contributed by atoms with Gasteiger partial charge in [-0.1, -0.05) is 11.6 Å². The molecule has 0 radical (unpaired) electrons. The first-order valence-corrected chi connectivity index (χ1v) is 8.25. The van der Waals surface area contributed by atoms with Crippen molar-refractivity contribution < 1.29 is 14.3 Å².